The Morgan fingerprint density at radius 3 is 2.43 bits per heavy atom. The van der Waals surface area contributed by atoms with E-state index in [9.17, 15) is 0 Å². The van der Waals surface area contributed by atoms with E-state index in [1.54, 1.807) is 0 Å². The van der Waals surface area contributed by atoms with E-state index in [1.165, 1.54) is 11.1 Å². The standard InChI is InChI=1S/C10H14ClNO.ClH/c1-7-5-9(11)10(6-8(7)2)13-4-3-12;/h5-6H,3-4,12H2,1-2H3;1H. The van der Waals surface area contributed by atoms with Gasteiger partial charge in [0.1, 0.15) is 12.4 Å². The molecular formula is C10H15Cl2NO. The monoisotopic (exact) mass is 235 g/mol. The minimum Gasteiger partial charge on any atom is -0.491 e. The lowest BCUT2D eigenvalue weighted by atomic mass is 10.1. The summed E-state index contributed by atoms with van der Waals surface area (Å²) in [5.41, 5.74) is 7.67. The van der Waals surface area contributed by atoms with E-state index in [2.05, 4.69) is 0 Å². The molecular weight excluding hydrogens is 221 g/mol. The fraction of sp³-hybridized carbons (Fsp3) is 0.400. The van der Waals surface area contributed by atoms with Crippen LogP contribution in [0.5, 0.6) is 5.75 Å². The molecule has 0 aromatic heterocycles. The summed E-state index contributed by atoms with van der Waals surface area (Å²) in [6.07, 6.45) is 0. The third kappa shape index (κ3) is 3.37. The second-order valence-corrected chi connectivity index (χ2v) is 3.41. The van der Waals surface area contributed by atoms with Crippen molar-refractivity contribution in [3.05, 3.63) is 28.3 Å². The SMILES string of the molecule is Cc1cc(Cl)c(OCCN)cc1C.Cl. The first-order valence-electron chi connectivity index (χ1n) is 4.24. The van der Waals surface area contributed by atoms with Crippen LogP contribution in [-0.2, 0) is 0 Å². The van der Waals surface area contributed by atoms with Crippen molar-refractivity contribution < 1.29 is 4.74 Å². The molecule has 0 radical (unpaired) electrons. The third-order valence-electron chi connectivity index (χ3n) is 1.92. The fourth-order valence-electron chi connectivity index (χ4n) is 1.03. The van der Waals surface area contributed by atoms with Crippen LogP contribution >= 0.6 is 24.0 Å². The Bertz CT molecular complexity index is 302. The normalized spacial score (nSPS) is 9.43. The van der Waals surface area contributed by atoms with Crippen LogP contribution in [0, 0.1) is 13.8 Å². The average molecular weight is 236 g/mol. The molecule has 80 valence electrons. The molecule has 0 heterocycles. The second-order valence-electron chi connectivity index (χ2n) is 3.00. The lowest BCUT2D eigenvalue weighted by Crippen LogP contribution is -2.10. The first kappa shape index (κ1) is 13.6. The third-order valence-corrected chi connectivity index (χ3v) is 2.22. The first-order chi connectivity index (χ1) is 6.15. The van der Waals surface area contributed by atoms with Crippen LogP contribution in [0.2, 0.25) is 5.02 Å². The Morgan fingerprint density at radius 1 is 1.29 bits per heavy atom. The second kappa shape index (κ2) is 6.12. The zero-order chi connectivity index (χ0) is 9.84. The lowest BCUT2D eigenvalue weighted by Gasteiger charge is -2.09. The van der Waals surface area contributed by atoms with Crippen LogP contribution in [0.3, 0.4) is 0 Å². The summed E-state index contributed by atoms with van der Waals surface area (Å²) in [7, 11) is 0. The molecule has 0 atom stereocenters. The van der Waals surface area contributed by atoms with Gasteiger partial charge in [0.2, 0.25) is 0 Å². The van der Waals surface area contributed by atoms with E-state index in [-0.39, 0.29) is 12.4 Å². The predicted molar refractivity (Wildman–Crippen MR) is 62.7 cm³/mol. The van der Waals surface area contributed by atoms with Crippen molar-refractivity contribution in [3.63, 3.8) is 0 Å². The molecule has 1 aromatic carbocycles. The molecule has 2 N–H and O–H groups in total. The molecule has 0 bridgehead atoms. The Balaban J connectivity index is 0.00000169. The summed E-state index contributed by atoms with van der Waals surface area (Å²) < 4.78 is 5.36. The number of aryl methyl sites for hydroxylation is 2. The molecule has 0 aliphatic rings. The predicted octanol–water partition coefficient (Wildman–Crippen LogP) is 2.72. The molecule has 0 unspecified atom stereocenters. The van der Waals surface area contributed by atoms with E-state index in [0.717, 1.165) is 5.75 Å². The van der Waals surface area contributed by atoms with Crippen molar-refractivity contribution >= 4 is 24.0 Å². The summed E-state index contributed by atoms with van der Waals surface area (Å²) in [5, 5.41) is 0.650. The van der Waals surface area contributed by atoms with Gasteiger partial charge in [-0.15, -0.1) is 12.4 Å². The Hall–Kier alpha value is -0.440. The van der Waals surface area contributed by atoms with E-state index >= 15 is 0 Å². The smallest absolute Gasteiger partial charge is 0.138 e. The number of hydrogen-bond acceptors (Lipinski definition) is 2. The summed E-state index contributed by atoms with van der Waals surface area (Å²) in [4.78, 5) is 0. The zero-order valence-electron chi connectivity index (χ0n) is 8.34. The van der Waals surface area contributed by atoms with Gasteiger partial charge >= 0.3 is 0 Å². The number of halogens is 2. The number of ether oxygens (including phenoxy) is 1. The summed E-state index contributed by atoms with van der Waals surface area (Å²) in [6.45, 7) is 5.06. The number of rotatable bonds is 3. The van der Waals surface area contributed by atoms with Crippen molar-refractivity contribution in [1.82, 2.24) is 0 Å². The van der Waals surface area contributed by atoms with Crippen LogP contribution < -0.4 is 10.5 Å². The number of hydrogen-bond donors (Lipinski definition) is 1. The Morgan fingerprint density at radius 2 is 1.86 bits per heavy atom. The van der Waals surface area contributed by atoms with E-state index < -0.39 is 0 Å². The highest BCUT2D eigenvalue weighted by molar-refractivity contribution is 6.32. The molecule has 4 heteroatoms. The molecule has 14 heavy (non-hydrogen) atoms. The number of benzene rings is 1. The Kier molecular flexibility index (Phi) is 5.93. The van der Waals surface area contributed by atoms with Gasteiger partial charge in [0.05, 0.1) is 5.02 Å². The van der Waals surface area contributed by atoms with Crippen molar-refractivity contribution in [2.75, 3.05) is 13.2 Å². The molecule has 0 aliphatic heterocycles. The maximum atomic E-state index is 5.97. The molecule has 1 rings (SSSR count). The molecule has 0 fully saturated rings. The molecule has 0 saturated heterocycles. The number of nitrogens with two attached hydrogens (primary N) is 1. The summed E-state index contributed by atoms with van der Waals surface area (Å²) in [6, 6.07) is 3.84. The van der Waals surface area contributed by atoms with Gasteiger partial charge in [-0.3, -0.25) is 0 Å². The quantitative estimate of drug-likeness (QED) is 0.875. The van der Waals surface area contributed by atoms with Crippen LogP contribution in [0.1, 0.15) is 11.1 Å². The highest BCUT2D eigenvalue weighted by atomic mass is 35.5. The lowest BCUT2D eigenvalue weighted by molar-refractivity contribution is 0.328. The van der Waals surface area contributed by atoms with Gasteiger partial charge in [-0.2, -0.15) is 0 Å². The maximum Gasteiger partial charge on any atom is 0.138 e. The van der Waals surface area contributed by atoms with Gasteiger partial charge in [0.15, 0.2) is 0 Å². The molecule has 0 saturated carbocycles. The minimum atomic E-state index is 0. The van der Waals surface area contributed by atoms with Gasteiger partial charge in [0.25, 0.3) is 0 Å². The maximum absolute atomic E-state index is 5.97. The minimum absolute atomic E-state index is 0. The van der Waals surface area contributed by atoms with Crippen molar-refractivity contribution in [3.8, 4) is 5.75 Å². The van der Waals surface area contributed by atoms with Crippen LogP contribution in [-0.4, -0.2) is 13.2 Å². The molecule has 2 nitrogen and oxygen atoms in total. The molecule has 0 amide bonds. The molecule has 0 aliphatic carbocycles. The van der Waals surface area contributed by atoms with E-state index in [4.69, 9.17) is 22.1 Å². The van der Waals surface area contributed by atoms with Gasteiger partial charge < -0.3 is 10.5 Å². The topological polar surface area (TPSA) is 35.2 Å². The van der Waals surface area contributed by atoms with Gasteiger partial charge in [-0.25, -0.2) is 0 Å². The van der Waals surface area contributed by atoms with E-state index in [0.29, 0.717) is 18.2 Å². The van der Waals surface area contributed by atoms with Crippen molar-refractivity contribution in [2.24, 2.45) is 5.73 Å². The summed E-state index contributed by atoms with van der Waals surface area (Å²) in [5.74, 6) is 0.718. The largest absolute Gasteiger partial charge is 0.491 e. The van der Waals surface area contributed by atoms with Gasteiger partial charge in [0, 0.05) is 6.54 Å². The van der Waals surface area contributed by atoms with Crippen molar-refractivity contribution in [2.45, 2.75) is 13.8 Å². The van der Waals surface area contributed by atoms with Crippen LogP contribution in [0.15, 0.2) is 12.1 Å². The van der Waals surface area contributed by atoms with E-state index in [1.807, 2.05) is 26.0 Å². The van der Waals surface area contributed by atoms with Crippen LogP contribution in [0.4, 0.5) is 0 Å². The van der Waals surface area contributed by atoms with Crippen LogP contribution in [0.25, 0.3) is 0 Å². The molecule has 1 aromatic rings. The highest BCUT2D eigenvalue weighted by Crippen LogP contribution is 2.27. The molecule has 0 spiro atoms. The van der Waals surface area contributed by atoms with Crippen molar-refractivity contribution in [1.29, 1.82) is 0 Å². The average Bonchev–Trinajstić information content (AvgIpc) is 2.09. The fourth-order valence-corrected chi connectivity index (χ4v) is 1.31. The van der Waals surface area contributed by atoms with Gasteiger partial charge in [-0.1, -0.05) is 11.6 Å². The highest BCUT2D eigenvalue weighted by Gasteiger charge is 2.03. The van der Waals surface area contributed by atoms with Gasteiger partial charge in [-0.05, 0) is 37.1 Å². The Labute approximate surface area is 95.8 Å². The zero-order valence-corrected chi connectivity index (χ0v) is 9.91. The summed E-state index contributed by atoms with van der Waals surface area (Å²) >= 11 is 5.97. The first-order valence-corrected chi connectivity index (χ1v) is 4.62.